The van der Waals surface area contributed by atoms with Gasteiger partial charge in [-0.25, -0.2) is 0 Å². The van der Waals surface area contributed by atoms with Crippen LogP contribution in [0.15, 0.2) is 42.5 Å². The fourth-order valence-electron chi connectivity index (χ4n) is 5.37. The summed E-state index contributed by atoms with van der Waals surface area (Å²) in [6, 6.07) is 13.8. The van der Waals surface area contributed by atoms with Gasteiger partial charge in [-0.15, -0.1) is 0 Å². The molecule has 3 unspecified atom stereocenters. The molecule has 3 atom stereocenters. The summed E-state index contributed by atoms with van der Waals surface area (Å²) in [5.74, 6) is 0.167. The molecule has 3 fully saturated rings. The molecule has 0 radical (unpaired) electrons. The number of amides is 3. The molecule has 5 nitrogen and oxygen atoms in total. The molecule has 5 rings (SSSR count). The molecule has 31 heavy (non-hydrogen) atoms. The van der Waals surface area contributed by atoms with Crippen LogP contribution in [0.5, 0.6) is 0 Å². The number of rotatable bonds is 4. The Morgan fingerprint density at radius 2 is 1.81 bits per heavy atom. The number of benzene rings is 2. The number of hydrogen-bond donors (Lipinski definition) is 1. The summed E-state index contributed by atoms with van der Waals surface area (Å²) >= 11 is 6.71. The number of hydrogen-bond acceptors (Lipinski definition) is 3. The van der Waals surface area contributed by atoms with E-state index in [9.17, 15) is 14.4 Å². The number of carbonyl (C=O) groups is 3. The molecule has 6 heteroatoms. The third kappa shape index (κ3) is 3.76. The summed E-state index contributed by atoms with van der Waals surface area (Å²) in [5.41, 5.74) is 3.69. The summed E-state index contributed by atoms with van der Waals surface area (Å²) in [5, 5.41) is 2.95. The molecule has 160 valence electrons. The smallest absolute Gasteiger partial charge is 0.234 e. The second kappa shape index (κ2) is 8.12. The zero-order chi connectivity index (χ0) is 21.5. The van der Waals surface area contributed by atoms with E-state index in [0.29, 0.717) is 36.2 Å². The predicted octanol–water partition coefficient (Wildman–Crippen LogP) is 4.29. The van der Waals surface area contributed by atoms with E-state index in [1.54, 1.807) is 0 Å². The lowest BCUT2D eigenvalue weighted by atomic mass is 9.88. The van der Waals surface area contributed by atoms with Gasteiger partial charge in [0.1, 0.15) is 0 Å². The number of imide groups is 1. The molecule has 2 aromatic carbocycles. The Morgan fingerprint density at radius 1 is 1.00 bits per heavy atom. The minimum atomic E-state index is -0.412. The van der Waals surface area contributed by atoms with Crippen LogP contribution in [0.25, 0.3) is 11.1 Å². The van der Waals surface area contributed by atoms with E-state index in [4.69, 9.17) is 11.6 Å². The van der Waals surface area contributed by atoms with Gasteiger partial charge in [-0.1, -0.05) is 60.5 Å². The van der Waals surface area contributed by atoms with Crippen molar-refractivity contribution < 1.29 is 14.4 Å². The standard InChI is InChI=1S/C25H25ClN2O3/c26-23-18(4-2-6-20(23)21-11-12-22(29)27-24(21)30)16-9-7-15(8-10-16)13-28-14-17-3-1-5-19(17)25(28)31/h2,4,6-10,17,19,21H,1,3,5,11-14H2,(H,27,29,30). The van der Waals surface area contributed by atoms with Gasteiger partial charge < -0.3 is 4.90 Å². The van der Waals surface area contributed by atoms with Crippen LogP contribution in [0.3, 0.4) is 0 Å². The molecule has 2 heterocycles. The second-order valence-electron chi connectivity index (χ2n) is 8.93. The highest BCUT2D eigenvalue weighted by molar-refractivity contribution is 6.34. The van der Waals surface area contributed by atoms with Crippen molar-refractivity contribution in [1.29, 1.82) is 0 Å². The number of carbonyl (C=O) groups excluding carboxylic acids is 3. The third-order valence-corrected chi connectivity index (χ3v) is 7.45. The maximum absolute atomic E-state index is 12.6. The topological polar surface area (TPSA) is 66.5 Å². The molecular weight excluding hydrogens is 412 g/mol. The van der Waals surface area contributed by atoms with Crippen molar-refractivity contribution in [2.75, 3.05) is 6.54 Å². The number of fused-ring (bicyclic) bond motifs is 1. The molecule has 1 N–H and O–H groups in total. The quantitative estimate of drug-likeness (QED) is 0.727. The average Bonchev–Trinajstić information content (AvgIpc) is 3.33. The summed E-state index contributed by atoms with van der Waals surface area (Å²) in [6.45, 7) is 1.53. The largest absolute Gasteiger partial charge is 0.338 e. The van der Waals surface area contributed by atoms with E-state index in [0.717, 1.165) is 35.2 Å². The molecule has 3 amide bonds. The Morgan fingerprint density at radius 3 is 2.55 bits per heavy atom. The van der Waals surface area contributed by atoms with E-state index >= 15 is 0 Å². The molecule has 3 aliphatic rings. The first-order chi connectivity index (χ1) is 15.0. The lowest BCUT2D eigenvalue weighted by Gasteiger charge is -2.23. The maximum atomic E-state index is 12.6. The first-order valence-corrected chi connectivity index (χ1v) is 11.4. The van der Waals surface area contributed by atoms with Gasteiger partial charge in [0, 0.05) is 31.0 Å². The zero-order valence-electron chi connectivity index (χ0n) is 17.3. The molecule has 2 saturated heterocycles. The van der Waals surface area contributed by atoms with E-state index in [2.05, 4.69) is 5.32 Å². The molecule has 0 spiro atoms. The Labute approximate surface area is 186 Å². The minimum absolute atomic E-state index is 0.232. The number of halogens is 1. The summed E-state index contributed by atoms with van der Waals surface area (Å²) in [6.07, 6.45) is 4.19. The van der Waals surface area contributed by atoms with Crippen LogP contribution < -0.4 is 5.32 Å². The molecular formula is C25H25ClN2O3. The highest BCUT2D eigenvalue weighted by Crippen LogP contribution is 2.40. The number of likely N-dealkylation sites (tertiary alicyclic amines) is 1. The average molecular weight is 437 g/mol. The molecule has 1 saturated carbocycles. The van der Waals surface area contributed by atoms with Crippen LogP contribution in [-0.2, 0) is 20.9 Å². The van der Waals surface area contributed by atoms with Gasteiger partial charge in [0.15, 0.2) is 0 Å². The van der Waals surface area contributed by atoms with Crippen LogP contribution in [0.4, 0.5) is 0 Å². The van der Waals surface area contributed by atoms with Gasteiger partial charge in [0.05, 0.1) is 10.9 Å². The van der Waals surface area contributed by atoms with Crippen molar-refractivity contribution in [3.05, 3.63) is 58.6 Å². The highest BCUT2D eigenvalue weighted by Gasteiger charge is 2.42. The number of piperidine rings is 1. The fourth-order valence-corrected chi connectivity index (χ4v) is 5.74. The van der Waals surface area contributed by atoms with E-state index in [-0.39, 0.29) is 17.7 Å². The molecule has 0 bridgehead atoms. The van der Waals surface area contributed by atoms with Crippen molar-refractivity contribution in [1.82, 2.24) is 10.2 Å². The van der Waals surface area contributed by atoms with Crippen molar-refractivity contribution in [2.45, 2.75) is 44.6 Å². The van der Waals surface area contributed by atoms with Gasteiger partial charge in [-0.05, 0) is 41.9 Å². The van der Waals surface area contributed by atoms with Crippen molar-refractivity contribution >= 4 is 29.3 Å². The monoisotopic (exact) mass is 436 g/mol. The predicted molar refractivity (Wildman–Crippen MR) is 118 cm³/mol. The summed E-state index contributed by atoms with van der Waals surface area (Å²) in [7, 11) is 0. The van der Waals surface area contributed by atoms with Crippen LogP contribution >= 0.6 is 11.6 Å². The fraction of sp³-hybridized carbons (Fsp3) is 0.400. The van der Waals surface area contributed by atoms with Gasteiger partial charge in [-0.3, -0.25) is 19.7 Å². The Bertz CT molecular complexity index is 1050. The van der Waals surface area contributed by atoms with Gasteiger partial charge >= 0.3 is 0 Å². The summed E-state index contributed by atoms with van der Waals surface area (Å²) < 4.78 is 0. The molecule has 0 aromatic heterocycles. The second-order valence-corrected chi connectivity index (χ2v) is 9.30. The van der Waals surface area contributed by atoms with Gasteiger partial charge in [0.2, 0.25) is 17.7 Å². The third-order valence-electron chi connectivity index (χ3n) is 7.02. The van der Waals surface area contributed by atoms with Crippen LogP contribution in [-0.4, -0.2) is 29.2 Å². The molecule has 2 aromatic rings. The SMILES string of the molecule is O=C1CCC(c2cccc(-c3ccc(CN4CC5CCCC5C4=O)cc3)c2Cl)C(=O)N1. The van der Waals surface area contributed by atoms with Crippen LogP contribution in [0, 0.1) is 11.8 Å². The minimum Gasteiger partial charge on any atom is -0.338 e. The van der Waals surface area contributed by atoms with Crippen molar-refractivity contribution in [2.24, 2.45) is 11.8 Å². The first kappa shape index (κ1) is 20.3. The van der Waals surface area contributed by atoms with E-state index in [1.165, 1.54) is 12.8 Å². The highest BCUT2D eigenvalue weighted by atomic mass is 35.5. The normalized spacial score (nSPS) is 25.6. The number of nitrogens with zero attached hydrogens (tertiary/aromatic N) is 1. The summed E-state index contributed by atoms with van der Waals surface area (Å²) in [4.78, 5) is 38.4. The van der Waals surface area contributed by atoms with Crippen molar-refractivity contribution in [3.63, 3.8) is 0 Å². The maximum Gasteiger partial charge on any atom is 0.234 e. The molecule has 2 aliphatic heterocycles. The lowest BCUT2D eigenvalue weighted by Crippen LogP contribution is -2.39. The lowest BCUT2D eigenvalue weighted by molar-refractivity contribution is -0.134. The van der Waals surface area contributed by atoms with Crippen LogP contribution in [0.2, 0.25) is 5.02 Å². The zero-order valence-corrected chi connectivity index (χ0v) is 18.0. The van der Waals surface area contributed by atoms with E-state index < -0.39 is 5.92 Å². The van der Waals surface area contributed by atoms with E-state index in [1.807, 2.05) is 47.4 Å². The number of nitrogens with one attached hydrogen (secondary N) is 1. The van der Waals surface area contributed by atoms with Crippen LogP contribution in [0.1, 0.15) is 49.1 Å². The van der Waals surface area contributed by atoms with Crippen molar-refractivity contribution in [3.8, 4) is 11.1 Å². The molecule has 1 aliphatic carbocycles. The van der Waals surface area contributed by atoms with Gasteiger partial charge in [-0.2, -0.15) is 0 Å². The Balaban J connectivity index is 1.34. The Hall–Kier alpha value is -2.66. The van der Waals surface area contributed by atoms with Gasteiger partial charge in [0.25, 0.3) is 0 Å². The Kier molecular flexibility index (Phi) is 5.30. The first-order valence-electron chi connectivity index (χ1n) is 11.0.